The highest BCUT2D eigenvalue weighted by molar-refractivity contribution is 5.27. The highest BCUT2D eigenvalue weighted by Crippen LogP contribution is 2.16. The lowest BCUT2D eigenvalue weighted by molar-refractivity contribution is 0.249. The van der Waals surface area contributed by atoms with Crippen LogP contribution in [0.2, 0.25) is 0 Å². The lowest BCUT2D eigenvalue weighted by Gasteiger charge is -2.23. The summed E-state index contributed by atoms with van der Waals surface area (Å²) in [5.74, 6) is 0.983. The topological polar surface area (TPSA) is 27.7 Å². The Morgan fingerprint density at radius 1 is 1.16 bits per heavy atom. The number of nitrogens with zero attached hydrogens (tertiary/aromatic N) is 2. The largest absolute Gasteiger partial charge is 0.494 e. The summed E-state index contributed by atoms with van der Waals surface area (Å²) in [6, 6.07) is 9.28. The van der Waals surface area contributed by atoms with E-state index in [0.717, 1.165) is 57.5 Å². The van der Waals surface area contributed by atoms with Crippen molar-refractivity contribution < 1.29 is 4.74 Å². The van der Waals surface area contributed by atoms with E-state index in [1.807, 2.05) is 0 Å². The minimum atomic E-state index is 0.721. The van der Waals surface area contributed by atoms with Crippen LogP contribution in [0.4, 0.5) is 0 Å². The molecule has 1 aliphatic rings. The lowest BCUT2D eigenvalue weighted by Crippen LogP contribution is -2.37. The summed E-state index contributed by atoms with van der Waals surface area (Å²) < 4.78 is 5.86. The fourth-order valence-electron chi connectivity index (χ4n) is 3.65. The predicted octanol–water partition coefficient (Wildman–Crippen LogP) is 3.37. The molecule has 1 heterocycles. The summed E-state index contributed by atoms with van der Waals surface area (Å²) >= 11 is 0. The van der Waals surface area contributed by atoms with Gasteiger partial charge in [0, 0.05) is 25.7 Å². The summed E-state index contributed by atoms with van der Waals surface area (Å²) in [6.45, 7) is 15.3. The van der Waals surface area contributed by atoms with Crippen molar-refractivity contribution in [1.82, 2.24) is 15.1 Å². The molecular weight excluding hydrogens is 310 g/mol. The quantitative estimate of drug-likeness (QED) is 0.587. The number of likely N-dealkylation sites (N-methyl/N-ethyl adjacent to an activating group) is 1. The molecule has 0 amide bonds. The number of benzene rings is 1. The predicted molar refractivity (Wildman–Crippen MR) is 106 cm³/mol. The average Bonchev–Trinajstić information content (AvgIpc) is 3.10. The van der Waals surface area contributed by atoms with E-state index in [1.165, 1.54) is 31.5 Å². The molecule has 1 atom stereocenters. The Hall–Kier alpha value is -1.10. The van der Waals surface area contributed by atoms with Gasteiger partial charge in [-0.25, -0.2) is 0 Å². The van der Waals surface area contributed by atoms with Crippen molar-refractivity contribution in [3.05, 3.63) is 29.8 Å². The van der Waals surface area contributed by atoms with E-state index < -0.39 is 0 Å². The maximum atomic E-state index is 5.86. The third-order valence-electron chi connectivity index (χ3n) is 5.32. The van der Waals surface area contributed by atoms with Gasteiger partial charge < -0.3 is 15.0 Å². The van der Waals surface area contributed by atoms with E-state index in [-0.39, 0.29) is 0 Å². The molecule has 0 aromatic heterocycles. The van der Waals surface area contributed by atoms with Gasteiger partial charge in [-0.05, 0) is 63.1 Å². The third kappa shape index (κ3) is 6.96. The van der Waals surface area contributed by atoms with Crippen LogP contribution in [0.15, 0.2) is 24.3 Å². The molecule has 2 rings (SSSR count). The number of rotatable bonds is 12. The van der Waals surface area contributed by atoms with Crippen LogP contribution in [0, 0.1) is 0 Å². The summed E-state index contributed by atoms with van der Waals surface area (Å²) in [4.78, 5) is 5.02. The SMILES string of the molecule is CCN(CC)CCCOc1ccc(CNC[C@@H]2CCCN2CC)cc1. The number of ether oxygens (including phenoxy) is 1. The van der Waals surface area contributed by atoms with Gasteiger partial charge in [0.2, 0.25) is 0 Å². The Bertz CT molecular complexity index is 459. The molecule has 0 unspecified atom stereocenters. The van der Waals surface area contributed by atoms with Crippen molar-refractivity contribution >= 4 is 0 Å². The van der Waals surface area contributed by atoms with Crippen molar-refractivity contribution in [3.63, 3.8) is 0 Å². The second-order valence-electron chi connectivity index (χ2n) is 6.93. The van der Waals surface area contributed by atoms with Gasteiger partial charge in [-0.15, -0.1) is 0 Å². The van der Waals surface area contributed by atoms with Crippen LogP contribution in [0.3, 0.4) is 0 Å². The Kier molecular flexibility index (Phi) is 9.30. The zero-order valence-corrected chi connectivity index (χ0v) is 16.5. The van der Waals surface area contributed by atoms with Gasteiger partial charge in [0.15, 0.2) is 0 Å². The first-order valence-electron chi connectivity index (χ1n) is 10.2. The molecule has 142 valence electrons. The first kappa shape index (κ1) is 20.2. The van der Waals surface area contributed by atoms with Gasteiger partial charge in [0.1, 0.15) is 5.75 Å². The normalized spacial score (nSPS) is 18.2. The molecule has 1 N–H and O–H groups in total. The second-order valence-corrected chi connectivity index (χ2v) is 6.93. The molecular formula is C21H37N3O. The number of hydrogen-bond acceptors (Lipinski definition) is 4. The molecule has 1 aromatic rings. The Morgan fingerprint density at radius 2 is 1.92 bits per heavy atom. The van der Waals surface area contributed by atoms with Crippen molar-refractivity contribution in [3.8, 4) is 5.75 Å². The first-order chi connectivity index (χ1) is 12.3. The average molecular weight is 348 g/mol. The Labute approximate surface area is 154 Å². The molecule has 0 bridgehead atoms. The number of hydrogen-bond donors (Lipinski definition) is 1. The zero-order chi connectivity index (χ0) is 17.9. The minimum Gasteiger partial charge on any atom is -0.494 e. The Morgan fingerprint density at radius 3 is 2.60 bits per heavy atom. The van der Waals surface area contributed by atoms with Gasteiger partial charge in [-0.1, -0.05) is 32.9 Å². The van der Waals surface area contributed by atoms with Crippen LogP contribution < -0.4 is 10.1 Å². The minimum absolute atomic E-state index is 0.721. The molecule has 25 heavy (non-hydrogen) atoms. The Balaban J connectivity index is 1.62. The smallest absolute Gasteiger partial charge is 0.119 e. The van der Waals surface area contributed by atoms with Crippen molar-refractivity contribution in [1.29, 1.82) is 0 Å². The molecule has 0 aliphatic carbocycles. The fourth-order valence-corrected chi connectivity index (χ4v) is 3.65. The van der Waals surface area contributed by atoms with Crippen LogP contribution in [0.5, 0.6) is 5.75 Å². The maximum absolute atomic E-state index is 5.86. The van der Waals surface area contributed by atoms with Crippen LogP contribution in [0.25, 0.3) is 0 Å². The fraction of sp³-hybridized carbons (Fsp3) is 0.714. The van der Waals surface area contributed by atoms with Crippen molar-refractivity contribution in [2.24, 2.45) is 0 Å². The molecule has 0 spiro atoms. The van der Waals surface area contributed by atoms with Crippen LogP contribution in [0.1, 0.15) is 45.6 Å². The van der Waals surface area contributed by atoms with Gasteiger partial charge in [0.05, 0.1) is 6.61 Å². The zero-order valence-electron chi connectivity index (χ0n) is 16.5. The lowest BCUT2D eigenvalue weighted by atomic mass is 10.2. The van der Waals surface area contributed by atoms with Crippen LogP contribution >= 0.6 is 0 Å². The van der Waals surface area contributed by atoms with E-state index >= 15 is 0 Å². The van der Waals surface area contributed by atoms with Gasteiger partial charge in [0.25, 0.3) is 0 Å². The molecule has 1 aromatic carbocycles. The number of nitrogens with one attached hydrogen (secondary N) is 1. The number of likely N-dealkylation sites (tertiary alicyclic amines) is 1. The van der Waals surface area contributed by atoms with Crippen LogP contribution in [-0.2, 0) is 6.54 Å². The van der Waals surface area contributed by atoms with E-state index in [4.69, 9.17) is 4.74 Å². The molecule has 4 heteroatoms. The second kappa shape index (κ2) is 11.5. The highest BCUT2D eigenvalue weighted by atomic mass is 16.5. The van der Waals surface area contributed by atoms with Gasteiger partial charge in [-0.2, -0.15) is 0 Å². The van der Waals surface area contributed by atoms with E-state index in [1.54, 1.807) is 0 Å². The monoisotopic (exact) mass is 347 g/mol. The van der Waals surface area contributed by atoms with Crippen molar-refractivity contribution in [2.45, 2.75) is 52.6 Å². The highest BCUT2D eigenvalue weighted by Gasteiger charge is 2.21. The summed E-state index contributed by atoms with van der Waals surface area (Å²) in [6.07, 6.45) is 3.77. The first-order valence-corrected chi connectivity index (χ1v) is 10.2. The third-order valence-corrected chi connectivity index (χ3v) is 5.32. The van der Waals surface area contributed by atoms with E-state index in [2.05, 4.69) is 60.2 Å². The van der Waals surface area contributed by atoms with Crippen LogP contribution in [-0.4, -0.2) is 61.7 Å². The maximum Gasteiger partial charge on any atom is 0.119 e. The standard InChI is InChI=1S/C21H37N3O/c1-4-23(5-2)14-8-16-25-21-12-10-19(11-13-21)17-22-18-20-9-7-15-24(20)6-3/h10-13,20,22H,4-9,14-18H2,1-3H3/t20-/m0/s1. The summed E-state index contributed by atoms with van der Waals surface area (Å²) in [5.41, 5.74) is 1.33. The summed E-state index contributed by atoms with van der Waals surface area (Å²) in [7, 11) is 0. The van der Waals surface area contributed by atoms with E-state index in [0.29, 0.717) is 0 Å². The van der Waals surface area contributed by atoms with Gasteiger partial charge >= 0.3 is 0 Å². The molecule has 1 fully saturated rings. The summed E-state index contributed by atoms with van der Waals surface area (Å²) in [5, 5.41) is 3.62. The molecule has 4 nitrogen and oxygen atoms in total. The van der Waals surface area contributed by atoms with Gasteiger partial charge in [-0.3, -0.25) is 4.90 Å². The molecule has 0 radical (unpaired) electrons. The molecule has 0 saturated carbocycles. The molecule has 1 aliphatic heterocycles. The van der Waals surface area contributed by atoms with Crippen molar-refractivity contribution in [2.75, 3.05) is 45.9 Å². The van der Waals surface area contributed by atoms with E-state index in [9.17, 15) is 0 Å². The molecule has 1 saturated heterocycles.